The highest BCUT2D eigenvalue weighted by Crippen LogP contribution is 2.26. The Morgan fingerprint density at radius 3 is 2.50 bits per heavy atom. The summed E-state index contributed by atoms with van der Waals surface area (Å²) < 4.78 is 0. The molecule has 0 aromatic heterocycles. The summed E-state index contributed by atoms with van der Waals surface area (Å²) in [5, 5.41) is 3.73. The monoisotopic (exact) mass is 274 g/mol. The number of piperidine rings is 1. The molecule has 1 fully saturated rings. The van der Waals surface area contributed by atoms with Crippen LogP contribution in [0.3, 0.4) is 0 Å². The predicted octanol–water partition coefficient (Wildman–Crippen LogP) is 3.28. The van der Waals surface area contributed by atoms with Gasteiger partial charge in [-0.05, 0) is 49.4 Å². The number of hydrogen-bond donors (Lipinski definition) is 1. The van der Waals surface area contributed by atoms with Crippen LogP contribution in [-0.4, -0.2) is 37.6 Å². The molecule has 1 aromatic rings. The molecule has 2 atom stereocenters. The Morgan fingerprint density at radius 1 is 1.20 bits per heavy atom. The first-order valence-corrected chi connectivity index (χ1v) is 8.09. The van der Waals surface area contributed by atoms with Crippen LogP contribution in [0, 0.1) is 5.92 Å². The standard InChI is InChI=1S/C18H30N2/c1-5-15-6-8-16(9-7-15)17-10-18(13-20(4)12-17)19-11-14(2)3/h6-9,14,17-19H,5,10-13H2,1-4H3. The van der Waals surface area contributed by atoms with Gasteiger partial charge in [-0.2, -0.15) is 0 Å². The fourth-order valence-corrected chi connectivity index (χ4v) is 3.14. The van der Waals surface area contributed by atoms with Crippen LogP contribution in [-0.2, 0) is 6.42 Å². The van der Waals surface area contributed by atoms with Gasteiger partial charge in [-0.1, -0.05) is 45.0 Å². The zero-order valence-corrected chi connectivity index (χ0v) is 13.5. The van der Waals surface area contributed by atoms with Gasteiger partial charge in [0.25, 0.3) is 0 Å². The summed E-state index contributed by atoms with van der Waals surface area (Å²) in [6, 6.07) is 9.89. The zero-order valence-electron chi connectivity index (χ0n) is 13.5. The van der Waals surface area contributed by atoms with E-state index in [0.29, 0.717) is 12.0 Å². The number of likely N-dealkylation sites (tertiary alicyclic amines) is 1. The van der Waals surface area contributed by atoms with Gasteiger partial charge in [0.15, 0.2) is 0 Å². The van der Waals surface area contributed by atoms with Crippen LogP contribution < -0.4 is 5.32 Å². The SMILES string of the molecule is CCc1ccc(C2CC(NCC(C)C)CN(C)C2)cc1. The first-order chi connectivity index (χ1) is 9.58. The molecule has 0 saturated carbocycles. The van der Waals surface area contributed by atoms with E-state index in [2.05, 4.69) is 62.3 Å². The van der Waals surface area contributed by atoms with Crippen molar-refractivity contribution in [1.29, 1.82) is 0 Å². The molecule has 1 saturated heterocycles. The zero-order chi connectivity index (χ0) is 14.5. The Morgan fingerprint density at radius 2 is 1.90 bits per heavy atom. The highest BCUT2D eigenvalue weighted by Gasteiger charge is 2.26. The number of likely N-dealkylation sites (N-methyl/N-ethyl adjacent to an activating group) is 1. The van der Waals surface area contributed by atoms with Gasteiger partial charge < -0.3 is 10.2 Å². The van der Waals surface area contributed by atoms with Gasteiger partial charge in [0, 0.05) is 19.1 Å². The van der Waals surface area contributed by atoms with Gasteiger partial charge in [-0.3, -0.25) is 0 Å². The number of benzene rings is 1. The molecule has 1 aliphatic rings. The molecule has 1 aromatic carbocycles. The van der Waals surface area contributed by atoms with E-state index in [-0.39, 0.29) is 0 Å². The van der Waals surface area contributed by atoms with Crippen molar-refractivity contribution in [3.8, 4) is 0 Å². The third-order valence-corrected chi connectivity index (χ3v) is 4.31. The lowest BCUT2D eigenvalue weighted by Crippen LogP contribution is -2.47. The average Bonchev–Trinajstić information content (AvgIpc) is 2.44. The summed E-state index contributed by atoms with van der Waals surface area (Å²) in [5.74, 6) is 1.40. The maximum Gasteiger partial charge on any atom is 0.0201 e. The second-order valence-corrected chi connectivity index (χ2v) is 6.75. The molecule has 2 rings (SSSR count). The number of rotatable bonds is 5. The third-order valence-electron chi connectivity index (χ3n) is 4.31. The van der Waals surface area contributed by atoms with Crippen molar-refractivity contribution >= 4 is 0 Å². The Hall–Kier alpha value is -0.860. The molecular formula is C18H30N2. The van der Waals surface area contributed by atoms with Gasteiger partial charge in [0.2, 0.25) is 0 Å². The fraction of sp³-hybridized carbons (Fsp3) is 0.667. The number of nitrogens with one attached hydrogen (secondary N) is 1. The summed E-state index contributed by atoms with van der Waals surface area (Å²) in [4.78, 5) is 2.47. The number of hydrogen-bond acceptors (Lipinski definition) is 2. The number of aryl methyl sites for hydroxylation is 1. The lowest BCUT2D eigenvalue weighted by Gasteiger charge is -2.36. The molecule has 2 nitrogen and oxygen atoms in total. The number of nitrogens with zero attached hydrogens (tertiary/aromatic N) is 1. The molecule has 0 aliphatic carbocycles. The molecule has 0 radical (unpaired) electrons. The molecule has 0 spiro atoms. The molecular weight excluding hydrogens is 244 g/mol. The lowest BCUT2D eigenvalue weighted by atomic mass is 9.87. The normalized spacial score (nSPS) is 24.2. The van der Waals surface area contributed by atoms with Crippen LogP contribution in [0.4, 0.5) is 0 Å². The van der Waals surface area contributed by atoms with Crippen LogP contribution in [0.2, 0.25) is 0 Å². The summed E-state index contributed by atoms with van der Waals surface area (Å²) in [6.07, 6.45) is 2.39. The minimum atomic E-state index is 0.631. The predicted molar refractivity (Wildman–Crippen MR) is 87.3 cm³/mol. The second-order valence-electron chi connectivity index (χ2n) is 6.75. The van der Waals surface area contributed by atoms with Gasteiger partial charge in [0.1, 0.15) is 0 Å². The Kier molecular flexibility index (Phi) is 5.62. The van der Waals surface area contributed by atoms with Crippen LogP contribution in [0.1, 0.15) is 44.2 Å². The Balaban J connectivity index is 1.99. The van der Waals surface area contributed by atoms with E-state index < -0.39 is 0 Å². The Bertz CT molecular complexity index is 396. The molecule has 2 unspecified atom stereocenters. The minimum Gasteiger partial charge on any atom is -0.312 e. The van der Waals surface area contributed by atoms with Crippen LogP contribution in [0.25, 0.3) is 0 Å². The molecule has 1 aliphatic heterocycles. The Labute approximate surface area is 124 Å². The molecule has 112 valence electrons. The van der Waals surface area contributed by atoms with Crippen molar-refractivity contribution in [2.45, 2.75) is 45.6 Å². The van der Waals surface area contributed by atoms with E-state index in [1.807, 2.05) is 0 Å². The summed E-state index contributed by atoms with van der Waals surface area (Å²) >= 11 is 0. The van der Waals surface area contributed by atoms with E-state index in [1.54, 1.807) is 0 Å². The maximum atomic E-state index is 3.73. The second kappa shape index (κ2) is 7.24. The van der Waals surface area contributed by atoms with E-state index in [0.717, 1.165) is 18.9 Å². The molecule has 2 heteroatoms. The van der Waals surface area contributed by atoms with Crippen molar-refractivity contribution in [3.05, 3.63) is 35.4 Å². The first kappa shape index (κ1) is 15.5. The van der Waals surface area contributed by atoms with Crippen molar-refractivity contribution in [3.63, 3.8) is 0 Å². The van der Waals surface area contributed by atoms with Gasteiger partial charge in [0.05, 0.1) is 0 Å². The molecule has 20 heavy (non-hydrogen) atoms. The fourth-order valence-electron chi connectivity index (χ4n) is 3.14. The lowest BCUT2D eigenvalue weighted by molar-refractivity contribution is 0.202. The average molecular weight is 274 g/mol. The molecule has 0 bridgehead atoms. The topological polar surface area (TPSA) is 15.3 Å². The third kappa shape index (κ3) is 4.32. The van der Waals surface area contributed by atoms with Crippen molar-refractivity contribution in [2.24, 2.45) is 5.92 Å². The smallest absolute Gasteiger partial charge is 0.0201 e. The molecule has 1 N–H and O–H groups in total. The quantitative estimate of drug-likeness (QED) is 0.886. The highest BCUT2D eigenvalue weighted by molar-refractivity contribution is 5.26. The largest absolute Gasteiger partial charge is 0.312 e. The minimum absolute atomic E-state index is 0.631. The summed E-state index contributed by atoms with van der Waals surface area (Å²) in [7, 11) is 2.25. The highest BCUT2D eigenvalue weighted by atomic mass is 15.1. The van der Waals surface area contributed by atoms with Crippen molar-refractivity contribution in [2.75, 3.05) is 26.7 Å². The van der Waals surface area contributed by atoms with E-state index >= 15 is 0 Å². The van der Waals surface area contributed by atoms with Crippen LogP contribution in [0.5, 0.6) is 0 Å². The summed E-state index contributed by atoms with van der Waals surface area (Å²) in [6.45, 7) is 10.3. The summed E-state index contributed by atoms with van der Waals surface area (Å²) in [5.41, 5.74) is 2.94. The van der Waals surface area contributed by atoms with Gasteiger partial charge in [-0.25, -0.2) is 0 Å². The van der Waals surface area contributed by atoms with Gasteiger partial charge >= 0.3 is 0 Å². The van der Waals surface area contributed by atoms with E-state index in [1.165, 1.54) is 30.6 Å². The maximum absolute atomic E-state index is 3.73. The van der Waals surface area contributed by atoms with E-state index in [4.69, 9.17) is 0 Å². The molecule has 1 heterocycles. The first-order valence-electron chi connectivity index (χ1n) is 8.09. The van der Waals surface area contributed by atoms with Crippen molar-refractivity contribution < 1.29 is 0 Å². The molecule has 0 amide bonds. The van der Waals surface area contributed by atoms with Crippen molar-refractivity contribution in [1.82, 2.24) is 10.2 Å². The van der Waals surface area contributed by atoms with Crippen LogP contribution in [0.15, 0.2) is 24.3 Å². The van der Waals surface area contributed by atoms with Crippen LogP contribution >= 0.6 is 0 Å². The van der Waals surface area contributed by atoms with Gasteiger partial charge in [-0.15, -0.1) is 0 Å². The van der Waals surface area contributed by atoms with E-state index in [9.17, 15) is 0 Å².